The van der Waals surface area contributed by atoms with Crippen molar-refractivity contribution in [1.29, 1.82) is 0 Å². The second-order valence-corrected chi connectivity index (χ2v) is 4.28. The van der Waals surface area contributed by atoms with Gasteiger partial charge in [-0.3, -0.25) is 0 Å². The molecule has 0 aliphatic heterocycles. The SMILES string of the molecule is CCOC(c1ccccc1)c1ncc(C(=O)O)c(C)n1. The number of hydrogen-bond acceptors (Lipinski definition) is 4. The van der Waals surface area contributed by atoms with E-state index in [0.717, 1.165) is 5.56 Å². The van der Waals surface area contributed by atoms with Gasteiger partial charge in [0.2, 0.25) is 0 Å². The second-order valence-electron chi connectivity index (χ2n) is 4.28. The molecule has 5 nitrogen and oxygen atoms in total. The lowest BCUT2D eigenvalue weighted by Crippen LogP contribution is -2.13. The normalized spacial score (nSPS) is 12.1. The minimum atomic E-state index is -1.03. The minimum absolute atomic E-state index is 0.108. The van der Waals surface area contributed by atoms with Gasteiger partial charge in [-0.15, -0.1) is 0 Å². The molecule has 0 aliphatic carbocycles. The molecule has 0 radical (unpaired) electrons. The average molecular weight is 272 g/mol. The van der Waals surface area contributed by atoms with Crippen molar-refractivity contribution < 1.29 is 14.6 Å². The third-order valence-corrected chi connectivity index (χ3v) is 2.90. The average Bonchev–Trinajstić information content (AvgIpc) is 2.45. The summed E-state index contributed by atoms with van der Waals surface area (Å²) in [6.45, 7) is 4.07. The number of aromatic carboxylic acids is 1. The number of rotatable bonds is 5. The third kappa shape index (κ3) is 3.00. The predicted molar refractivity (Wildman–Crippen MR) is 73.6 cm³/mol. The smallest absolute Gasteiger partial charge is 0.339 e. The van der Waals surface area contributed by atoms with Crippen LogP contribution in [0.3, 0.4) is 0 Å². The van der Waals surface area contributed by atoms with Gasteiger partial charge in [0, 0.05) is 12.8 Å². The molecule has 0 bridgehead atoms. The van der Waals surface area contributed by atoms with Gasteiger partial charge in [0.05, 0.1) is 11.3 Å². The van der Waals surface area contributed by atoms with Crippen LogP contribution in [0.2, 0.25) is 0 Å². The molecule has 2 rings (SSSR count). The summed E-state index contributed by atoms with van der Waals surface area (Å²) in [5.74, 6) is -0.553. The second kappa shape index (κ2) is 6.25. The van der Waals surface area contributed by atoms with Crippen LogP contribution in [0.1, 0.15) is 40.5 Å². The summed E-state index contributed by atoms with van der Waals surface area (Å²) in [4.78, 5) is 19.4. The molecular weight excluding hydrogens is 256 g/mol. The molecule has 1 heterocycles. The molecule has 104 valence electrons. The molecule has 2 aromatic rings. The van der Waals surface area contributed by atoms with Crippen molar-refractivity contribution in [2.24, 2.45) is 0 Å². The first-order chi connectivity index (χ1) is 9.63. The van der Waals surface area contributed by atoms with Gasteiger partial charge in [0.15, 0.2) is 5.82 Å². The number of nitrogens with zero attached hydrogens (tertiary/aromatic N) is 2. The van der Waals surface area contributed by atoms with Crippen LogP contribution in [0.25, 0.3) is 0 Å². The Balaban J connectivity index is 2.40. The highest BCUT2D eigenvalue weighted by atomic mass is 16.5. The summed E-state index contributed by atoms with van der Waals surface area (Å²) in [5, 5.41) is 9.00. The zero-order chi connectivity index (χ0) is 14.5. The van der Waals surface area contributed by atoms with E-state index in [1.54, 1.807) is 6.92 Å². The fourth-order valence-electron chi connectivity index (χ4n) is 1.94. The molecule has 1 atom stereocenters. The molecule has 1 aromatic heterocycles. The molecule has 0 saturated carbocycles. The summed E-state index contributed by atoms with van der Waals surface area (Å²) in [7, 11) is 0. The quantitative estimate of drug-likeness (QED) is 0.905. The third-order valence-electron chi connectivity index (χ3n) is 2.90. The molecule has 0 spiro atoms. The highest BCUT2D eigenvalue weighted by Gasteiger charge is 2.19. The van der Waals surface area contributed by atoms with Crippen molar-refractivity contribution >= 4 is 5.97 Å². The van der Waals surface area contributed by atoms with E-state index in [1.807, 2.05) is 37.3 Å². The molecular formula is C15H16N2O3. The van der Waals surface area contributed by atoms with Crippen molar-refractivity contribution in [3.63, 3.8) is 0 Å². The zero-order valence-electron chi connectivity index (χ0n) is 11.4. The summed E-state index contributed by atoms with van der Waals surface area (Å²) < 4.78 is 5.70. The first kappa shape index (κ1) is 14.1. The Hall–Kier alpha value is -2.27. The fourth-order valence-corrected chi connectivity index (χ4v) is 1.94. The lowest BCUT2D eigenvalue weighted by Gasteiger charge is -2.16. The van der Waals surface area contributed by atoms with E-state index in [9.17, 15) is 4.79 Å². The Morgan fingerprint density at radius 2 is 2.05 bits per heavy atom. The van der Waals surface area contributed by atoms with Crippen LogP contribution in [-0.2, 0) is 4.74 Å². The van der Waals surface area contributed by atoms with Crippen molar-refractivity contribution in [3.05, 3.63) is 59.2 Å². The molecule has 1 N–H and O–H groups in total. The molecule has 0 amide bonds. The van der Waals surface area contributed by atoms with Gasteiger partial charge in [-0.05, 0) is 19.4 Å². The first-order valence-electron chi connectivity index (χ1n) is 6.36. The van der Waals surface area contributed by atoms with Gasteiger partial charge < -0.3 is 9.84 Å². The molecule has 1 unspecified atom stereocenters. The maximum atomic E-state index is 11.0. The standard InChI is InChI=1S/C15H16N2O3/c1-3-20-13(11-7-5-4-6-8-11)14-16-9-12(15(18)19)10(2)17-14/h4-9,13H,3H2,1-2H3,(H,18,19). The Bertz CT molecular complexity index is 599. The largest absolute Gasteiger partial charge is 0.478 e. The lowest BCUT2D eigenvalue weighted by molar-refractivity contribution is 0.0692. The summed E-state index contributed by atoms with van der Waals surface area (Å²) in [6, 6.07) is 9.63. The number of carboxylic acid groups (broad SMARTS) is 1. The molecule has 20 heavy (non-hydrogen) atoms. The van der Waals surface area contributed by atoms with E-state index in [0.29, 0.717) is 18.1 Å². The highest BCUT2D eigenvalue weighted by molar-refractivity contribution is 5.88. The van der Waals surface area contributed by atoms with Crippen LogP contribution in [0, 0.1) is 6.92 Å². The van der Waals surface area contributed by atoms with Crippen molar-refractivity contribution in [2.75, 3.05) is 6.61 Å². The molecule has 0 aliphatic rings. The fraction of sp³-hybridized carbons (Fsp3) is 0.267. The zero-order valence-corrected chi connectivity index (χ0v) is 11.4. The maximum absolute atomic E-state index is 11.0. The Labute approximate surface area is 117 Å². The van der Waals surface area contributed by atoms with Gasteiger partial charge in [-0.1, -0.05) is 30.3 Å². The number of ether oxygens (including phenoxy) is 1. The van der Waals surface area contributed by atoms with Crippen LogP contribution >= 0.6 is 0 Å². The number of aryl methyl sites for hydroxylation is 1. The van der Waals surface area contributed by atoms with Crippen LogP contribution in [-0.4, -0.2) is 27.7 Å². The first-order valence-corrected chi connectivity index (χ1v) is 6.36. The van der Waals surface area contributed by atoms with Crippen LogP contribution in [0.15, 0.2) is 36.5 Å². The number of hydrogen-bond donors (Lipinski definition) is 1. The number of carbonyl (C=O) groups is 1. The molecule has 5 heteroatoms. The van der Waals surface area contributed by atoms with Crippen LogP contribution in [0.5, 0.6) is 0 Å². The van der Waals surface area contributed by atoms with E-state index in [1.165, 1.54) is 6.20 Å². The number of benzene rings is 1. The van der Waals surface area contributed by atoms with Crippen molar-refractivity contribution in [1.82, 2.24) is 9.97 Å². The van der Waals surface area contributed by atoms with Gasteiger partial charge in [0.1, 0.15) is 6.10 Å². The molecule has 0 fully saturated rings. The number of carboxylic acids is 1. The van der Waals surface area contributed by atoms with Gasteiger partial charge in [-0.2, -0.15) is 0 Å². The number of aromatic nitrogens is 2. The monoisotopic (exact) mass is 272 g/mol. The Kier molecular flexibility index (Phi) is 4.42. The highest BCUT2D eigenvalue weighted by Crippen LogP contribution is 2.23. The summed E-state index contributed by atoms with van der Waals surface area (Å²) in [6.07, 6.45) is 0.942. The van der Waals surface area contributed by atoms with Crippen LogP contribution < -0.4 is 0 Å². The minimum Gasteiger partial charge on any atom is -0.478 e. The Morgan fingerprint density at radius 1 is 1.35 bits per heavy atom. The molecule has 0 saturated heterocycles. The van der Waals surface area contributed by atoms with E-state index in [2.05, 4.69) is 9.97 Å². The van der Waals surface area contributed by atoms with Gasteiger partial charge in [0.25, 0.3) is 0 Å². The van der Waals surface area contributed by atoms with E-state index in [-0.39, 0.29) is 11.7 Å². The lowest BCUT2D eigenvalue weighted by atomic mass is 10.1. The van der Waals surface area contributed by atoms with Gasteiger partial charge in [-0.25, -0.2) is 14.8 Å². The Morgan fingerprint density at radius 3 is 2.60 bits per heavy atom. The van der Waals surface area contributed by atoms with Gasteiger partial charge >= 0.3 is 5.97 Å². The summed E-state index contributed by atoms with van der Waals surface area (Å²) in [5.41, 5.74) is 1.48. The van der Waals surface area contributed by atoms with E-state index in [4.69, 9.17) is 9.84 Å². The summed E-state index contributed by atoms with van der Waals surface area (Å²) >= 11 is 0. The maximum Gasteiger partial charge on any atom is 0.339 e. The van der Waals surface area contributed by atoms with E-state index < -0.39 is 5.97 Å². The molecule has 1 aromatic carbocycles. The van der Waals surface area contributed by atoms with Crippen molar-refractivity contribution in [3.8, 4) is 0 Å². The van der Waals surface area contributed by atoms with E-state index >= 15 is 0 Å². The van der Waals surface area contributed by atoms with Crippen molar-refractivity contribution in [2.45, 2.75) is 20.0 Å². The predicted octanol–water partition coefficient (Wildman–Crippen LogP) is 2.61. The van der Waals surface area contributed by atoms with Crippen LogP contribution in [0.4, 0.5) is 0 Å². The topological polar surface area (TPSA) is 72.3 Å².